The first-order valence-electron chi connectivity index (χ1n) is 37.2. The zero-order chi connectivity index (χ0) is 89.5. The van der Waals surface area contributed by atoms with Crippen molar-refractivity contribution in [3.63, 3.8) is 0 Å². The number of benzene rings is 4. The SMILES string of the molecule is Cc1nn(CC(=O)C[C@@H](Cc2cc(F)cc(F)c2)c2nc(C#CC(C)(C)S(C)(=O)=O)ccc2-c2ccc(Cl)c3c(CS(C)(=O)=O)nn(CC(F)(F)F)c23)c2c1[C@H]1C[C@H]1C2(F)F.Cc1nn(CC(=O)C[C@@H](Cc2cc(F)cc(F)c2)c2nc(C#CC(C)(C)S(C)(=O)=O)ccc2-c2ccc(Cl)c3c([N-]S(C)(=O)=O)nn(CC(F)(F)F)c23)c2c1[C@H]1C[C@H]1C2(F)F.I.[Na+]. The second-order valence-electron chi connectivity index (χ2n) is 32.2. The van der Waals surface area contributed by atoms with Crippen LogP contribution in [-0.2, 0) is 106 Å². The van der Waals surface area contributed by atoms with Crippen molar-refractivity contribution in [3.05, 3.63) is 196 Å². The summed E-state index contributed by atoms with van der Waals surface area (Å²) >= 11 is 13.0. The summed E-state index contributed by atoms with van der Waals surface area (Å²) in [5, 5.41) is 15.6. The molecule has 14 rings (SSSR count). The minimum atomic E-state index is -4.91. The number of aromatic nitrogens is 10. The van der Waals surface area contributed by atoms with Gasteiger partial charge in [-0.05, 0) is 169 Å². The van der Waals surface area contributed by atoms with Crippen LogP contribution in [0.25, 0.3) is 48.8 Å². The number of carbonyl (C=O) groups is 2. The van der Waals surface area contributed by atoms with Gasteiger partial charge in [-0.25, -0.2) is 61.2 Å². The first-order chi connectivity index (χ1) is 56.3. The van der Waals surface area contributed by atoms with E-state index >= 15 is 17.6 Å². The van der Waals surface area contributed by atoms with Crippen LogP contribution in [0.1, 0.15) is 151 Å². The molecule has 4 aromatic carbocycles. The topological polar surface area (TPSA) is 282 Å². The normalized spacial score (nSPS) is 17.5. The number of ketones is 2. The summed E-state index contributed by atoms with van der Waals surface area (Å²) in [5.74, 6) is -7.46. The van der Waals surface area contributed by atoms with Gasteiger partial charge in [0.15, 0.2) is 51.1 Å². The van der Waals surface area contributed by atoms with Crippen LogP contribution in [0, 0.1) is 72.6 Å². The number of hydrogen-bond donors (Lipinski definition) is 0. The summed E-state index contributed by atoms with van der Waals surface area (Å²) in [7, 11) is -15.6. The Morgan fingerprint density at radius 3 is 1.26 bits per heavy atom. The second-order valence-corrected chi connectivity index (χ2v) is 41.9. The summed E-state index contributed by atoms with van der Waals surface area (Å²) < 4.78 is 308. The maximum atomic E-state index is 15.5. The predicted octanol–water partition coefficient (Wildman–Crippen LogP) is 14.1. The average molecular weight is 1980 g/mol. The largest absolute Gasteiger partial charge is 1.00 e. The summed E-state index contributed by atoms with van der Waals surface area (Å²) in [4.78, 5) is 37.7. The summed E-state index contributed by atoms with van der Waals surface area (Å²) in [6.45, 7) is 3.83. The molecule has 0 amide bonds. The van der Waals surface area contributed by atoms with Gasteiger partial charge in [-0.15, -0.1) is 24.0 Å². The number of fused-ring (bicyclic) bond motifs is 8. The van der Waals surface area contributed by atoms with Crippen molar-refractivity contribution in [1.82, 2.24) is 49.1 Å². The molecule has 656 valence electrons. The molecule has 0 N–H and O–H groups in total. The van der Waals surface area contributed by atoms with E-state index in [1.807, 2.05) is 0 Å². The van der Waals surface area contributed by atoms with Gasteiger partial charge in [-0.2, -0.15) is 59.2 Å². The molecule has 4 aliphatic rings. The molecule has 0 aliphatic heterocycles. The van der Waals surface area contributed by atoms with Crippen LogP contribution in [0.15, 0.2) is 84.9 Å². The van der Waals surface area contributed by atoms with Crippen molar-refractivity contribution in [3.8, 4) is 45.9 Å². The van der Waals surface area contributed by atoms with Crippen LogP contribution in [0.2, 0.25) is 10.0 Å². The van der Waals surface area contributed by atoms with Crippen molar-refractivity contribution in [1.29, 1.82) is 0 Å². The van der Waals surface area contributed by atoms with E-state index in [2.05, 4.69) is 53.8 Å². The monoisotopic (exact) mass is 1970 g/mol. The standard InChI is InChI=1S/C41H37ClF7N5O5S2.C40H35ClF7N6O5S2.HI.Na/c1-21-34-30-17-31(30)41(48,49)38(34)53(51-21)18-27(55)15-23(12-22-13-24(43)16-25(44)14-22)36-28(7-6-26(50-36)10-11-39(2,3)61(5,58)59)29-8-9-32(42)35-33(19-60(4,56)57)52-54(37(29)35)20-40(45,46)47;1-20-32-29-17-30(29)40(47,48)36(32)53(50-20)18-26(55)15-22(12-21-13-23(42)16-24(43)14-21)34-27(7-6-25(49-34)10-11-38(2,3)60(4,56)57)28-8-9-31(41)33-35(28)54(19-39(44,45)46)51-37(33)52-61(5,58)59;;/h6-9,13-14,16,23,30-31H,12,15,17-20H2,1-5H3;6-9,13-14,16,22,29-30H,12,15,17-19H2,1-5H3;1H;/q;-1;;+1/t23-,30+,31-;22-,29+,30-;;/m11../s1. The molecular formula is C81H73Cl2F14IN11NaO10S4. The van der Waals surface area contributed by atoms with E-state index in [0.29, 0.717) is 50.3 Å². The minimum Gasteiger partial charge on any atom is -0.373 e. The molecule has 43 heteroatoms. The van der Waals surface area contributed by atoms with Gasteiger partial charge >= 0.3 is 41.9 Å². The average Bonchev–Trinajstić information content (AvgIpc) is 1.53. The van der Waals surface area contributed by atoms with Crippen molar-refractivity contribution >= 4 is 126 Å². The molecule has 10 aromatic rings. The molecule has 6 heterocycles. The van der Waals surface area contributed by atoms with Crippen LogP contribution in [0.5, 0.6) is 0 Å². The molecule has 21 nitrogen and oxygen atoms in total. The number of Topliss-reactive ketones (excluding diaryl/α,β-unsaturated/α-hetero) is 2. The van der Waals surface area contributed by atoms with Crippen molar-refractivity contribution < 1.29 is 134 Å². The molecule has 2 saturated carbocycles. The Bertz CT molecular complexity index is 6240. The number of carbonyl (C=O) groups excluding carboxylic acids is 2. The van der Waals surface area contributed by atoms with Gasteiger partial charge < -0.3 is 14.5 Å². The Labute approximate surface area is 751 Å². The Kier molecular flexibility index (Phi) is 26.9. The predicted molar refractivity (Wildman–Crippen MR) is 440 cm³/mol. The minimum absolute atomic E-state index is 0. The third-order valence-electron chi connectivity index (χ3n) is 21.7. The molecular weight excluding hydrogens is 1900 g/mol. The second kappa shape index (κ2) is 34.5. The quantitative estimate of drug-likeness (QED) is 0.0235. The van der Waals surface area contributed by atoms with Gasteiger partial charge in [0.05, 0.1) is 50.3 Å². The number of pyridine rings is 2. The molecule has 4 aliphatic carbocycles. The third-order valence-corrected chi connectivity index (χ3v) is 27.6. The third kappa shape index (κ3) is 20.5. The fourth-order valence-electron chi connectivity index (χ4n) is 15.7. The number of rotatable bonds is 24. The summed E-state index contributed by atoms with van der Waals surface area (Å²) in [5.41, 5.74) is -0.484. The Hall–Kier alpha value is -8.07. The van der Waals surface area contributed by atoms with Crippen LogP contribution in [0.3, 0.4) is 0 Å². The first kappa shape index (κ1) is 96.6. The van der Waals surface area contributed by atoms with Crippen LogP contribution < -0.4 is 29.6 Å². The van der Waals surface area contributed by atoms with Crippen LogP contribution in [0.4, 0.5) is 67.3 Å². The molecule has 0 bridgehead atoms. The van der Waals surface area contributed by atoms with E-state index in [4.69, 9.17) is 28.2 Å². The van der Waals surface area contributed by atoms with Gasteiger partial charge in [-0.3, -0.25) is 23.6 Å². The first-order valence-corrected chi connectivity index (χ1v) is 45.7. The fourth-order valence-corrected chi connectivity index (χ4v) is 17.8. The molecule has 124 heavy (non-hydrogen) atoms. The van der Waals surface area contributed by atoms with Gasteiger partial charge in [0.2, 0.25) is 0 Å². The van der Waals surface area contributed by atoms with Gasteiger partial charge in [0.25, 0.3) is 11.8 Å². The number of hydrogen-bond acceptors (Lipinski definition) is 16. The van der Waals surface area contributed by atoms with Gasteiger partial charge in [-0.1, -0.05) is 47.2 Å². The van der Waals surface area contributed by atoms with Crippen molar-refractivity contribution in [2.24, 2.45) is 11.8 Å². The van der Waals surface area contributed by atoms with E-state index in [1.165, 1.54) is 76.2 Å². The number of sulfonamides is 1. The van der Waals surface area contributed by atoms with E-state index in [9.17, 15) is 87.2 Å². The Morgan fingerprint density at radius 2 is 0.895 bits per heavy atom. The van der Waals surface area contributed by atoms with E-state index in [1.54, 1.807) is 13.8 Å². The van der Waals surface area contributed by atoms with Crippen molar-refractivity contribution in [2.45, 2.75) is 169 Å². The van der Waals surface area contributed by atoms with E-state index < -0.39 is 182 Å². The zero-order valence-corrected chi connectivity index (χ0v) is 76.5. The van der Waals surface area contributed by atoms with E-state index in [-0.39, 0.29) is 196 Å². The summed E-state index contributed by atoms with van der Waals surface area (Å²) in [6.07, 6.45) is -7.46. The number of alkyl halides is 10. The van der Waals surface area contributed by atoms with Gasteiger partial charge in [0.1, 0.15) is 81.7 Å². The zero-order valence-electron chi connectivity index (χ0n) is 67.4. The molecule has 0 saturated heterocycles. The molecule has 6 aromatic heterocycles. The van der Waals surface area contributed by atoms with Crippen LogP contribution in [-0.4, -0.2) is 141 Å². The van der Waals surface area contributed by atoms with E-state index in [0.717, 1.165) is 52.4 Å². The number of sulfone groups is 3. The summed E-state index contributed by atoms with van der Waals surface area (Å²) in [6, 6.07) is 15.9. The fraction of sp³-hybridized carbons (Fsp3) is 0.407. The van der Waals surface area contributed by atoms with Crippen molar-refractivity contribution in [2.75, 3.05) is 25.0 Å². The Morgan fingerprint density at radius 1 is 0.532 bits per heavy atom. The van der Waals surface area contributed by atoms with Gasteiger partial charge in [0, 0.05) is 123 Å². The maximum absolute atomic E-state index is 15.5. The molecule has 0 unspecified atom stereocenters. The molecule has 6 atom stereocenters. The molecule has 0 spiro atoms. The number of halogens is 17. The number of nitrogens with zero attached hydrogens (tertiary/aromatic N) is 11. The van der Waals surface area contributed by atoms with Crippen LogP contribution >= 0.6 is 47.2 Å². The molecule has 0 radical (unpaired) electrons. The smallest absolute Gasteiger partial charge is 0.373 e. The molecule has 2 fully saturated rings. The maximum Gasteiger partial charge on any atom is 1.00 e. The number of aryl methyl sites for hydroxylation is 2. The Balaban J connectivity index is 0.000000238.